The first kappa shape index (κ1) is 10.4. The van der Waals surface area contributed by atoms with Crippen LogP contribution >= 0.6 is 0 Å². The molecule has 1 N–H and O–H groups in total. The van der Waals surface area contributed by atoms with Gasteiger partial charge in [-0.3, -0.25) is 4.79 Å². The fraction of sp³-hybridized carbons (Fsp3) is 0.833. The molecule has 0 rings (SSSR count). The van der Waals surface area contributed by atoms with Gasteiger partial charge < -0.3 is 9.84 Å². The summed E-state index contributed by atoms with van der Waals surface area (Å²) in [5.74, 6) is -3.17. The first-order valence-electron chi connectivity index (χ1n) is 2.97. The smallest absolute Gasteiger partial charge is 0.291 e. The predicted molar refractivity (Wildman–Crippen MR) is 33.3 cm³/mol. The summed E-state index contributed by atoms with van der Waals surface area (Å²) in [6.45, 7) is 1.10. The van der Waals surface area contributed by atoms with Gasteiger partial charge >= 0.3 is 0 Å². The standard InChI is InChI=1S/C6H10F2O3/c1-4(9)3-6(10,11-2)5(7)8/h5,10H,3H2,1-2H3. The third kappa shape index (κ3) is 2.90. The summed E-state index contributed by atoms with van der Waals surface area (Å²) in [7, 11) is 0.926. The Hall–Kier alpha value is -0.550. The van der Waals surface area contributed by atoms with Gasteiger partial charge in [-0.1, -0.05) is 0 Å². The van der Waals surface area contributed by atoms with Crippen molar-refractivity contribution in [2.45, 2.75) is 25.6 Å². The highest BCUT2D eigenvalue weighted by molar-refractivity contribution is 5.76. The van der Waals surface area contributed by atoms with Crippen LogP contribution in [0.2, 0.25) is 0 Å². The minimum atomic E-state index is -3.07. The summed E-state index contributed by atoms with van der Waals surface area (Å²) in [6, 6.07) is 0. The van der Waals surface area contributed by atoms with Gasteiger partial charge in [0.05, 0.1) is 6.42 Å². The van der Waals surface area contributed by atoms with Gasteiger partial charge in [-0.2, -0.15) is 0 Å². The van der Waals surface area contributed by atoms with E-state index in [0.717, 1.165) is 14.0 Å². The molecule has 0 heterocycles. The molecule has 0 aliphatic carbocycles. The fourth-order valence-corrected chi connectivity index (χ4v) is 0.595. The number of ether oxygens (including phenoxy) is 1. The highest BCUT2D eigenvalue weighted by Crippen LogP contribution is 2.20. The van der Waals surface area contributed by atoms with E-state index in [-0.39, 0.29) is 0 Å². The van der Waals surface area contributed by atoms with E-state index in [4.69, 9.17) is 5.11 Å². The van der Waals surface area contributed by atoms with Crippen LogP contribution in [0.3, 0.4) is 0 Å². The van der Waals surface area contributed by atoms with E-state index in [1.807, 2.05) is 0 Å². The number of ketones is 1. The number of carbonyl (C=O) groups is 1. The van der Waals surface area contributed by atoms with Crippen molar-refractivity contribution < 1.29 is 23.4 Å². The summed E-state index contributed by atoms with van der Waals surface area (Å²) >= 11 is 0. The molecule has 0 saturated heterocycles. The van der Waals surface area contributed by atoms with Crippen molar-refractivity contribution in [1.82, 2.24) is 0 Å². The molecule has 0 bridgehead atoms. The average Bonchev–Trinajstić information content (AvgIpc) is 1.86. The zero-order valence-corrected chi connectivity index (χ0v) is 6.30. The zero-order valence-electron chi connectivity index (χ0n) is 6.30. The summed E-state index contributed by atoms with van der Waals surface area (Å²) < 4.78 is 27.9. The largest absolute Gasteiger partial charge is 0.361 e. The van der Waals surface area contributed by atoms with Gasteiger partial charge in [0.25, 0.3) is 6.43 Å². The summed E-state index contributed by atoms with van der Waals surface area (Å²) in [5, 5.41) is 8.87. The Labute approximate surface area is 63.0 Å². The van der Waals surface area contributed by atoms with Crippen molar-refractivity contribution in [3.05, 3.63) is 0 Å². The van der Waals surface area contributed by atoms with Crippen molar-refractivity contribution in [3.8, 4) is 0 Å². The Balaban J connectivity index is 4.22. The highest BCUT2D eigenvalue weighted by Gasteiger charge is 2.39. The second-order valence-electron chi connectivity index (χ2n) is 2.23. The zero-order chi connectivity index (χ0) is 9.07. The maximum absolute atomic E-state index is 11.9. The molecule has 5 heteroatoms. The maximum atomic E-state index is 11.9. The number of Topliss-reactive ketones (excluding diaryl/α,β-unsaturated/α-hetero) is 1. The quantitative estimate of drug-likeness (QED) is 0.624. The number of alkyl halides is 2. The minimum Gasteiger partial charge on any atom is -0.361 e. The Morgan fingerprint density at radius 2 is 2.18 bits per heavy atom. The lowest BCUT2D eigenvalue weighted by Crippen LogP contribution is -2.41. The van der Waals surface area contributed by atoms with Crippen molar-refractivity contribution >= 4 is 5.78 Å². The second-order valence-corrected chi connectivity index (χ2v) is 2.23. The molecule has 0 radical (unpaired) electrons. The van der Waals surface area contributed by atoms with Crippen LogP contribution in [0.15, 0.2) is 0 Å². The molecule has 0 aromatic carbocycles. The lowest BCUT2D eigenvalue weighted by molar-refractivity contribution is -0.255. The third-order valence-corrected chi connectivity index (χ3v) is 1.20. The van der Waals surface area contributed by atoms with E-state index in [1.165, 1.54) is 0 Å². The molecule has 0 saturated carbocycles. The molecule has 0 amide bonds. The normalized spacial score (nSPS) is 16.5. The average molecular weight is 168 g/mol. The Morgan fingerprint density at radius 1 is 1.73 bits per heavy atom. The summed E-state index contributed by atoms with van der Waals surface area (Å²) in [6.07, 6.45) is -3.77. The maximum Gasteiger partial charge on any atom is 0.291 e. The van der Waals surface area contributed by atoms with Gasteiger partial charge in [-0.05, 0) is 6.92 Å². The molecular formula is C6H10F2O3. The van der Waals surface area contributed by atoms with Crippen LogP contribution in [-0.4, -0.2) is 30.2 Å². The van der Waals surface area contributed by atoms with Gasteiger partial charge in [-0.25, -0.2) is 8.78 Å². The van der Waals surface area contributed by atoms with E-state index in [1.54, 1.807) is 0 Å². The van der Waals surface area contributed by atoms with E-state index in [9.17, 15) is 13.6 Å². The van der Waals surface area contributed by atoms with Crippen molar-refractivity contribution in [1.29, 1.82) is 0 Å². The highest BCUT2D eigenvalue weighted by atomic mass is 19.3. The molecule has 66 valence electrons. The summed E-state index contributed by atoms with van der Waals surface area (Å²) in [5.41, 5.74) is 0. The van der Waals surface area contributed by atoms with Gasteiger partial charge in [0, 0.05) is 7.11 Å². The first-order valence-corrected chi connectivity index (χ1v) is 2.97. The van der Waals surface area contributed by atoms with E-state index in [2.05, 4.69) is 4.74 Å². The topological polar surface area (TPSA) is 46.5 Å². The molecule has 0 aromatic rings. The number of methoxy groups -OCH3 is 1. The van der Waals surface area contributed by atoms with Crippen LogP contribution in [0, 0.1) is 0 Å². The van der Waals surface area contributed by atoms with Gasteiger partial charge in [-0.15, -0.1) is 0 Å². The summed E-state index contributed by atoms with van der Waals surface area (Å²) in [4.78, 5) is 10.3. The van der Waals surface area contributed by atoms with Crippen LogP contribution in [0.1, 0.15) is 13.3 Å². The first-order chi connectivity index (χ1) is 4.92. The number of carbonyl (C=O) groups excluding carboxylic acids is 1. The Bertz CT molecular complexity index is 149. The lowest BCUT2D eigenvalue weighted by atomic mass is 10.1. The molecule has 3 nitrogen and oxygen atoms in total. The van der Waals surface area contributed by atoms with Gasteiger partial charge in [0.15, 0.2) is 0 Å². The number of hydrogen-bond donors (Lipinski definition) is 1. The molecule has 1 unspecified atom stereocenters. The van der Waals surface area contributed by atoms with Crippen molar-refractivity contribution in [3.63, 3.8) is 0 Å². The van der Waals surface area contributed by atoms with E-state index < -0.39 is 24.4 Å². The Morgan fingerprint density at radius 3 is 2.27 bits per heavy atom. The van der Waals surface area contributed by atoms with Crippen LogP contribution in [0.5, 0.6) is 0 Å². The lowest BCUT2D eigenvalue weighted by Gasteiger charge is -2.23. The third-order valence-electron chi connectivity index (χ3n) is 1.20. The van der Waals surface area contributed by atoms with Crippen molar-refractivity contribution in [2.75, 3.05) is 7.11 Å². The molecule has 11 heavy (non-hydrogen) atoms. The monoisotopic (exact) mass is 168 g/mol. The molecule has 0 aliphatic rings. The van der Waals surface area contributed by atoms with E-state index >= 15 is 0 Å². The number of aliphatic hydroxyl groups is 1. The minimum absolute atomic E-state index is 0.547. The van der Waals surface area contributed by atoms with E-state index in [0.29, 0.717) is 0 Å². The fourth-order valence-electron chi connectivity index (χ4n) is 0.595. The van der Waals surface area contributed by atoms with Gasteiger partial charge in [0.2, 0.25) is 5.79 Å². The molecule has 0 fully saturated rings. The second kappa shape index (κ2) is 3.73. The predicted octanol–water partition coefficient (Wildman–Crippen LogP) is 0.566. The number of hydrogen-bond acceptors (Lipinski definition) is 3. The van der Waals surface area contributed by atoms with Crippen LogP contribution in [0.4, 0.5) is 8.78 Å². The number of rotatable bonds is 4. The SMILES string of the molecule is COC(O)(CC(C)=O)C(F)F. The Kier molecular flexibility index (Phi) is 3.54. The van der Waals surface area contributed by atoms with Gasteiger partial charge in [0.1, 0.15) is 5.78 Å². The molecule has 0 aromatic heterocycles. The molecule has 1 atom stereocenters. The van der Waals surface area contributed by atoms with Crippen LogP contribution < -0.4 is 0 Å². The van der Waals surface area contributed by atoms with Crippen molar-refractivity contribution in [2.24, 2.45) is 0 Å². The molecule has 0 aliphatic heterocycles. The molecular weight excluding hydrogens is 158 g/mol. The number of halogens is 2. The van der Waals surface area contributed by atoms with Crippen LogP contribution in [-0.2, 0) is 9.53 Å². The molecule has 0 spiro atoms. The van der Waals surface area contributed by atoms with Crippen LogP contribution in [0.25, 0.3) is 0 Å².